The van der Waals surface area contributed by atoms with Crippen molar-refractivity contribution in [1.82, 2.24) is 0 Å². The Morgan fingerprint density at radius 1 is 1.20 bits per heavy atom. The summed E-state index contributed by atoms with van der Waals surface area (Å²) in [6.45, 7) is 2.05. The molecule has 2 saturated carbocycles. The molecule has 2 fully saturated rings. The van der Waals surface area contributed by atoms with Crippen LogP contribution < -0.4 is 0 Å². The molecule has 25 heavy (non-hydrogen) atoms. The lowest BCUT2D eigenvalue weighted by atomic mass is 9.55. The van der Waals surface area contributed by atoms with E-state index in [1.165, 1.54) is 6.07 Å². The Balaban J connectivity index is 1.80. The van der Waals surface area contributed by atoms with E-state index in [9.17, 15) is 18.0 Å². The van der Waals surface area contributed by atoms with Crippen molar-refractivity contribution >= 4 is 5.78 Å². The lowest BCUT2D eigenvalue weighted by molar-refractivity contribution is -0.138. The number of halogens is 3. The van der Waals surface area contributed by atoms with Gasteiger partial charge in [-0.05, 0) is 67.1 Å². The molecular formula is C20H20F3NO. The maximum Gasteiger partial charge on any atom is 0.417 e. The number of ketones is 1. The van der Waals surface area contributed by atoms with Gasteiger partial charge < -0.3 is 0 Å². The van der Waals surface area contributed by atoms with Gasteiger partial charge in [-0.3, -0.25) is 4.79 Å². The molecular weight excluding hydrogens is 327 g/mol. The Labute approximate surface area is 145 Å². The fourth-order valence-electron chi connectivity index (χ4n) is 5.86. The van der Waals surface area contributed by atoms with Crippen LogP contribution in [0.15, 0.2) is 12.1 Å². The summed E-state index contributed by atoms with van der Waals surface area (Å²) >= 11 is 0. The molecule has 0 radical (unpaired) electrons. The molecule has 5 heteroatoms. The summed E-state index contributed by atoms with van der Waals surface area (Å²) in [6, 6.07) is 4.77. The zero-order valence-corrected chi connectivity index (χ0v) is 14.1. The number of rotatable bonds is 0. The van der Waals surface area contributed by atoms with Crippen molar-refractivity contribution in [2.75, 3.05) is 0 Å². The maximum atomic E-state index is 13.6. The van der Waals surface area contributed by atoms with E-state index in [0.717, 1.165) is 24.8 Å². The second-order valence-corrected chi connectivity index (χ2v) is 8.00. The number of Topliss-reactive ketones (excluding diaryl/α,β-unsaturated/α-hetero) is 1. The van der Waals surface area contributed by atoms with E-state index >= 15 is 0 Å². The molecule has 3 unspecified atom stereocenters. The highest BCUT2D eigenvalue weighted by Crippen LogP contribution is 2.60. The molecule has 132 valence electrons. The number of carbonyl (C=O) groups is 1. The summed E-state index contributed by atoms with van der Waals surface area (Å²) in [7, 11) is 0. The van der Waals surface area contributed by atoms with Crippen LogP contribution in [0.1, 0.15) is 67.2 Å². The van der Waals surface area contributed by atoms with Crippen LogP contribution in [-0.2, 0) is 17.4 Å². The molecule has 0 amide bonds. The molecule has 0 spiro atoms. The van der Waals surface area contributed by atoms with Gasteiger partial charge in [-0.25, -0.2) is 0 Å². The van der Waals surface area contributed by atoms with Gasteiger partial charge in [-0.1, -0.05) is 13.0 Å². The summed E-state index contributed by atoms with van der Waals surface area (Å²) < 4.78 is 40.7. The molecule has 0 aromatic heterocycles. The standard InChI is InChI=1S/C20H20F3NO/c1-19-9-8-13-12-3-2-11(10-24)18(20(21,22)23)15(12)5-4-14(13)16(19)6-7-17(19)25/h2-3,13-14,16H,4-9H2,1H3/t13?,14?,16?,19-/m0/s1. The van der Waals surface area contributed by atoms with Crippen LogP contribution in [0.3, 0.4) is 0 Å². The van der Waals surface area contributed by atoms with E-state index in [-0.39, 0.29) is 28.7 Å². The Morgan fingerprint density at radius 3 is 2.64 bits per heavy atom. The van der Waals surface area contributed by atoms with Crippen molar-refractivity contribution < 1.29 is 18.0 Å². The third kappa shape index (κ3) is 2.26. The Bertz CT molecular complexity index is 791. The fourth-order valence-corrected chi connectivity index (χ4v) is 5.86. The second-order valence-electron chi connectivity index (χ2n) is 8.00. The van der Waals surface area contributed by atoms with Gasteiger partial charge in [-0.15, -0.1) is 0 Å². The molecule has 2 nitrogen and oxygen atoms in total. The van der Waals surface area contributed by atoms with Gasteiger partial charge in [0.2, 0.25) is 0 Å². The van der Waals surface area contributed by atoms with Crippen molar-refractivity contribution in [1.29, 1.82) is 5.26 Å². The van der Waals surface area contributed by atoms with E-state index in [1.807, 2.05) is 0 Å². The zero-order valence-electron chi connectivity index (χ0n) is 14.1. The molecule has 0 bridgehead atoms. The number of carbonyl (C=O) groups excluding carboxylic acids is 1. The lowest BCUT2D eigenvalue weighted by Gasteiger charge is -2.48. The van der Waals surface area contributed by atoms with E-state index < -0.39 is 11.7 Å². The van der Waals surface area contributed by atoms with Gasteiger partial charge in [0.05, 0.1) is 17.2 Å². The first-order valence-corrected chi connectivity index (χ1v) is 8.93. The molecule has 0 aliphatic heterocycles. The molecule has 4 atom stereocenters. The quantitative estimate of drug-likeness (QED) is 0.662. The Hall–Kier alpha value is -1.83. The maximum absolute atomic E-state index is 13.6. The number of hydrogen-bond donors (Lipinski definition) is 0. The van der Waals surface area contributed by atoms with Crippen LogP contribution in [0.2, 0.25) is 0 Å². The SMILES string of the molecule is C[C@]12CCC3c4ccc(C#N)c(C(F)(F)F)c4CCC3C1CCC2=O. The minimum absolute atomic E-state index is 0.0848. The van der Waals surface area contributed by atoms with Crippen LogP contribution in [0.5, 0.6) is 0 Å². The molecule has 0 N–H and O–H groups in total. The average Bonchev–Trinajstić information content (AvgIpc) is 2.87. The third-order valence-electron chi connectivity index (χ3n) is 7.03. The minimum Gasteiger partial charge on any atom is -0.299 e. The number of fused-ring (bicyclic) bond motifs is 5. The summed E-state index contributed by atoms with van der Waals surface area (Å²) in [5, 5.41) is 9.11. The van der Waals surface area contributed by atoms with Crippen LogP contribution in [0, 0.1) is 28.6 Å². The van der Waals surface area contributed by atoms with Crippen LogP contribution in [0.4, 0.5) is 13.2 Å². The highest BCUT2D eigenvalue weighted by Gasteiger charge is 2.55. The van der Waals surface area contributed by atoms with Gasteiger partial charge in [-0.2, -0.15) is 18.4 Å². The second kappa shape index (κ2) is 5.33. The smallest absolute Gasteiger partial charge is 0.299 e. The predicted molar refractivity (Wildman–Crippen MR) is 85.8 cm³/mol. The van der Waals surface area contributed by atoms with E-state index in [4.69, 9.17) is 5.26 Å². The predicted octanol–water partition coefficient (Wildman–Crippen LogP) is 5.00. The Kier molecular flexibility index (Phi) is 3.55. The summed E-state index contributed by atoms with van der Waals surface area (Å²) in [5.74, 6) is 0.989. The largest absolute Gasteiger partial charge is 0.417 e. The first-order chi connectivity index (χ1) is 11.8. The van der Waals surface area contributed by atoms with Gasteiger partial charge in [0, 0.05) is 11.8 Å². The third-order valence-corrected chi connectivity index (χ3v) is 7.03. The number of hydrogen-bond acceptors (Lipinski definition) is 2. The first-order valence-electron chi connectivity index (χ1n) is 8.93. The van der Waals surface area contributed by atoms with Crippen LogP contribution in [0.25, 0.3) is 0 Å². The van der Waals surface area contributed by atoms with Crippen molar-refractivity contribution in [3.05, 3.63) is 34.4 Å². The number of benzene rings is 1. The van der Waals surface area contributed by atoms with Crippen molar-refractivity contribution in [2.45, 2.75) is 57.5 Å². The minimum atomic E-state index is -4.50. The summed E-state index contributed by atoms with van der Waals surface area (Å²) in [4.78, 5) is 12.3. The monoisotopic (exact) mass is 347 g/mol. The van der Waals surface area contributed by atoms with Crippen LogP contribution in [-0.4, -0.2) is 5.78 Å². The van der Waals surface area contributed by atoms with Gasteiger partial charge in [0.15, 0.2) is 0 Å². The topological polar surface area (TPSA) is 40.9 Å². The summed E-state index contributed by atoms with van der Waals surface area (Å²) in [6.07, 6.45) is -0.467. The van der Waals surface area contributed by atoms with Gasteiger partial charge in [0.25, 0.3) is 0 Å². The summed E-state index contributed by atoms with van der Waals surface area (Å²) in [5.41, 5.74) is -0.203. The number of nitriles is 1. The van der Waals surface area contributed by atoms with E-state index in [1.54, 1.807) is 12.1 Å². The zero-order chi connectivity index (χ0) is 18.0. The molecule has 3 aliphatic carbocycles. The fraction of sp³-hybridized carbons (Fsp3) is 0.600. The van der Waals surface area contributed by atoms with Crippen LogP contribution >= 0.6 is 0 Å². The molecule has 0 heterocycles. The number of alkyl halides is 3. The highest BCUT2D eigenvalue weighted by molar-refractivity contribution is 5.87. The van der Waals surface area contributed by atoms with E-state index in [0.29, 0.717) is 30.6 Å². The molecule has 1 aromatic carbocycles. The Morgan fingerprint density at radius 2 is 1.96 bits per heavy atom. The normalized spacial score (nSPS) is 34.0. The molecule has 1 aromatic rings. The average molecular weight is 347 g/mol. The molecule has 3 aliphatic rings. The van der Waals surface area contributed by atoms with Crippen molar-refractivity contribution in [3.63, 3.8) is 0 Å². The highest BCUT2D eigenvalue weighted by atomic mass is 19.4. The van der Waals surface area contributed by atoms with Crippen molar-refractivity contribution in [2.24, 2.45) is 17.3 Å². The van der Waals surface area contributed by atoms with Gasteiger partial charge >= 0.3 is 6.18 Å². The molecule has 0 saturated heterocycles. The molecule has 4 rings (SSSR count). The van der Waals surface area contributed by atoms with Crippen molar-refractivity contribution in [3.8, 4) is 6.07 Å². The van der Waals surface area contributed by atoms with Gasteiger partial charge in [0.1, 0.15) is 5.78 Å². The number of nitrogens with zero attached hydrogens (tertiary/aromatic N) is 1. The lowest BCUT2D eigenvalue weighted by Crippen LogP contribution is -2.42. The first kappa shape index (κ1) is 16.6. The van der Waals surface area contributed by atoms with E-state index in [2.05, 4.69) is 6.92 Å².